The Labute approximate surface area is 85.3 Å². The van der Waals surface area contributed by atoms with Gasteiger partial charge in [-0.15, -0.1) is 0 Å². The van der Waals surface area contributed by atoms with Crippen molar-refractivity contribution in [2.75, 3.05) is 14.1 Å². The van der Waals surface area contributed by atoms with Crippen LogP contribution in [0.1, 0.15) is 25.5 Å². The summed E-state index contributed by atoms with van der Waals surface area (Å²) in [4.78, 5) is 5.10. The van der Waals surface area contributed by atoms with E-state index in [0.29, 0.717) is 0 Å². The van der Waals surface area contributed by atoms with Crippen LogP contribution < -0.4 is 0 Å². The summed E-state index contributed by atoms with van der Waals surface area (Å²) >= 11 is 0. The van der Waals surface area contributed by atoms with E-state index in [1.807, 2.05) is 46.4 Å². The van der Waals surface area contributed by atoms with Gasteiger partial charge in [-0.25, -0.2) is 0 Å². The Morgan fingerprint density at radius 2 is 2.14 bits per heavy atom. The first-order chi connectivity index (χ1) is 6.49. The van der Waals surface area contributed by atoms with Gasteiger partial charge in [-0.2, -0.15) is 5.26 Å². The summed E-state index contributed by atoms with van der Waals surface area (Å²) in [5.41, 5.74) is 0.771. The molecule has 3 nitrogen and oxygen atoms in total. The maximum atomic E-state index is 9.13. The third-order valence-electron chi connectivity index (χ3n) is 2.43. The molecule has 76 valence electrons. The molecule has 3 heteroatoms. The van der Waals surface area contributed by atoms with E-state index >= 15 is 0 Å². The maximum absolute atomic E-state index is 9.13. The average Bonchev–Trinajstić information content (AvgIpc) is 2.56. The molecule has 0 radical (unpaired) electrons. The largest absolute Gasteiger partial charge is 0.367 e. The van der Waals surface area contributed by atoms with Crippen molar-refractivity contribution < 1.29 is 0 Å². The minimum Gasteiger partial charge on any atom is -0.367 e. The second-order valence-corrected chi connectivity index (χ2v) is 4.34. The average molecular weight is 191 g/mol. The molecule has 1 rings (SSSR count). The molecule has 0 saturated carbocycles. The molecule has 0 saturated heterocycles. The normalized spacial score (nSPS) is 14.0. The van der Waals surface area contributed by atoms with Crippen LogP contribution in [0.3, 0.4) is 0 Å². The van der Waals surface area contributed by atoms with Crippen molar-refractivity contribution in [3.63, 3.8) is 0 Å². The highest BCUT2D eigenvalue weighted by Crippen LogP contribution is 2.35. The molecule has 0 aliphatic rings. The molecule has 0 amide bonds. The van der Waals surface area contributed by atoms with Gasteiger partial charge in [0, 0.05) is 12.4 Å². The Balaban J connectivity index is 3.05. The van der Waals surface area contributed by atoms with E-state index in [1.54, 1.807) is 0 Å². The third-order valence-corrected chi connectivity index (χ3v) is 2.43. The van der Waals surface area contributed by atoms with E-state index in [9.17, 15) is 0 Å². The number of H-pyrrole nitrogens is 1. The standard InChI is InChI=1S/C11H17N3/c1-11(2,8-12)10(14(3)4)9-5-6-13-7-9/h5-7,10,13H,1-4H3. The fraction of sp³-hybridized carbons (Fsp3) is 0.545. The first-order valence-electron chi connectivity index (χ1n) is 4.69. The van der Waals surface area contributed by atoms with Gasteiger partial charge in [-0.3, -0.25) is 0 Å². The summed E-state index contributed by atoms with van der Waals surface area (Å²) in [6, 6.07) is 4.50. The summed E-state index contributed by atoms with van der Waals surface area (Å²) in [6.07, 6.45) is 3.84. The van der Waals surface area contributed by atoms with Crippen LogP contribution in [0.15, 0.2) is 18.5 Å². The van der Waals surface area contributed by atoms with Crippen molar-refractivity contribution in [2.24, 2.45) is 5.41 Å². The van der Waals surface area contributed by atoms with Crippen molar-refractivity contribution >= 4 is 0 Å². The fourth-order valence-electron chi connectivity index (χ4n) is 1.93. The molecule has 0 spiro atoms. The lowest BCUT2D eigenvalue weighted by Crippen LogP contribution is -2.32. The monoisotopic (exact) mass is 191 g/mol. The quantitative estimate of drug-likeness (QED) is 0.795. The third kappa shape index (κ3) is 1.97. The first kappa shape index (κ1) is 10.8. The van der Waals surface area contributed by atoms with Gasteiger partial charge < -0.3 is 9.88 Å². The molecule has 1 aromatic rings. The van der Waals surface area contributed by atoms with E-state index < -0.39 is 0 Å². The Bertz CT molecular complexity index is 317. The number of rotatable bonds is 3. The molecular weight excluding hydrogens is 174 g/mol. The van der Waals surface area contributed by atoms with Crippen LogP contribution in [0.25, 0.3) is 0 Å². The molecule has 1 aromatic heterocycles. The Kier molecular flexibility index (Phi) is 2.97. The highest BCUT2D eigenvalue weighted by atomic mass is 15.1. The topological polar surface area (TPSA) is 42.8 Å². The first-order valence-corrected chi connectivity index (χ1v) is 4.69. The Hall–Kier alpha value is -1.27. The van der Waals surface area contributed by atoms with Crippen molar-refractivity contribution in [1.82, 2.24) is 9.88 Å². The minimum absolute atomic E-state index is 0.124. The summed E-state index contributed by atoms with van der Waals surface area (Å²) in [5, 5.41) is 9.13. The second-order valence-electron chi connectivity index (χ2n) is 4.34. The smallest absolute Gasteiger partial charge is 0.0714 e. The predicted octanol–water partition coefficient (Wildman–Crippen LogP) is 2.17. The van der Waals surface area contributed by atoms with Crippen molar-refractivity contribution in [3.05, 3.63) is 24.0 Å². The minimum atomic E-state index is -0.383. The fourth-order valence-corrected chi connectivity index (χ4v) is 1.93. The number of nitrogens with zero attached hydrogens (tertiary/aromatic N) is 2. The van der Waals surface area contributed by atoms with E-state index in [2.05, 4.69) is 16.0 Å². The Morgan fingerprint density at radius 1 is 1.50 bits per heavy atom. The number of aromatic amines is 1. The number of hydrogen-bond donors (Lipinski definition) is 1. The lowest BCUT2D eigenvalue weighted by Gasteiger charge is -2.33. The summed E-state index contributed by atoms with van der Waals surface area (Å²) in [7, 11) is 3.99. The summed E-state index contributed by atoms with van der Waals surface area (Å²) < 4.78 is 0. The zero-order chi connectivity index (χ0) is 10.8. The van der Waals surface area contributed by atoms with Crippen LogP contribution in [0.4, 0.5) is 0 Å². The summed E-state index contributed by atoms with van der Waals surface area (Å²) in [6.45, 7) is 3.93. The molecule has 1 heterocycles. The van der Waals surface area contributed by atoms with Gasteiger partial charge in [0.15, 0.2) is 0 Å². The van der Waals surface area contributed by atoms with Crippen LogP contribution in [-0.2, 0) is 0 Å². The molecule has 0 aliphatic heterocycles. The molecule has 0 bridgehead atoms. The zero-order valence-corrected chi connectivity index (χ0v) is 9.20. The van der Waals surface area contributed by atoms with Gasteiger partial charge in [0.2, 0.25) is 0 Å². The number of nitrogens with one attached hydrogen (secondary N) is 1. The van der Waals surface area contributed by atoms with Crippen molar-refractivity contribution in [1.29, 1.82) is 5.26 Å². The van der Waals surface area contributed by atoms with Crippen LogP contribution >= 0.6 is 0 Å². The summed E-state index contributed by atoms with van der Waals surface area (Å²) in [5.74, 6) is 0. The van der Waals surface area contributed by atoms with Gasteiger partial charge >= 0.3 is 0 Å². The van der Waals surface area contributed by atoms with Crippen LogP contribution in [-0.4, -0.2) is 24.0 Å². The van der Waals surface area contributed by atoms with Gasteiger partial charge in [0.25, 0.3) is 0 Å². The van der Waals surface area contributed by atoms with E-state index in [4.69, 9.17) is 5.26 Å². The van der Waals surface area contributed by atoms with Crippen LogP contribution in [0.5, 0.6) is 0 Å². The lowest BCUT2D eigenvalue weighted by molar-refractivity contribution is 0.185. The maximum Gasteiger partial charge on any atom is 0.0714 e. The molecule has 1 unspecified atom stereocenters. The highest BCUT2D eigenvalue weighted by molar-refractivity contribution is 5.20. The van der Waals surface area contributed by atoms with Crippen LogP contribution in [0, 0.1) is 16.7 Å². The van der Waals surface area contributed by atoms with Gasteiger partial charge in [-0.05, 0) is 39.6 Å². The predicted molar refractivity (Wildman–Crippen MR) is 56.6 cm³/mol. The number of hydrogen-bond acceptors (Lipinski definition) is 2. The molecule has 1 atom stereocenters. The van der Waals surface area contributed by atoms with Crippen molar-refractivity contribution in [3.8, 4) is 6.07 Å². The van der Waals surface area contributed by atoms with Gasteiger partial charge in [0.05, 0.1) is 17.5 Å². The highest BCUT2D eigenvalue weighted by Gasteiger charge is 2.32. The lowest BCUT2D eigenvalue weighted by atomic mass is 9.82. The SMILES string of the molecule is CN(C)C(c1cc[nH]c1)C(C)(C)C#N. The molecule has 0 fully saturated rings. The van der Waals surface area contributed by atoms with Crippen molar-refractivity contribution in [2.45, 2.75) is 19.9 Å². The Morgan fingerprint density at radius 3 is 2.50 bits per heavy atom. The number of aromatic nitrogens is 1. The van der Waals surface area contributed by atoms with E-state index in [1.165, 1.54) is 0 Å². The molecule has 0 aliphatic carbocycles. The van der Waals surface area contributed by atoms with E-state index in [0.717, 1.165) is 5.56 Å². The van der Waals surface area contributed by atoms with Gasteiger partial charge in [0.1, 0.15) is 0 Å². The second kappa shape index (κ2) is 3.85. The number of nitriles is 1. The van der Waals surface area contributed by atoms with Gasteiger partial charge in [-0.1, -0.05) is 0 Å². The molecule has 0 aromatic carbocycles. The van der Waals surface area contributed by atoms with Crippen LogP contribution in [0.2, 0.25) is 0 Å². The molecule has 14 heavy (non-hydrogen) atoms. The van der Waals surface area contributed by atoms with E-state index in [-0.39, 0.29) is 11.5 Å². The zero-order valence-electron chi connectivity index (χ0n) is 9.20. The molecular formula is C11H17N3. The molecule has 1 N–H and O–H groups in total.